The first kappa shape index (κ1) is 40.5. The predicted octanol–water partition coefficient (Wildman–Crippen LogP) is 7.96. The van der Waals surface area contributed by atoms with E-state index >= 15 is 0 Å². The number of hydrogen-bond acceptors (Lipinski definition) is 7. The number of quaternary nitrogens is 1. The minimum atomic E-state index is -4.50. The first-order valence-electron chi connectivity index (χ1n) is 16.8. The van der Waals surface area contributed by atoms with Crippen molar-refractivity contribution < 1.29 is 37.3 Å². The van der Waals surface area contributed by atoms with Gasteiger partial charge in [-0.1, -0.05) is 123 Å². The van der Waals surface area contributed by atoms with Crippen LogP contribution in [0.15, 0.2) is 0 Å². The molecule has 9 heteroatoms. The van der Waals surface area contributed by atoms with E-state index in [1.54, 1.807) is 0 Å². The van der Waals surface area contributed by atoms with Crippen LogP contribution < -0.4 is 4.89 Å². The van der Waals surface area contributed by atoms with E-state index in [-0.39, 0.29) is 25.8 Å². The zero-order chi connectivity index (χ0) is 30.7. The number of nitrogens with zero attached hydrogens (tertiary/aromatic N) is 1. The number of carbonyl (C=O) groups is 1. The first-order valence-corrected chi connectivity index (χ1v) is 18.2. The molecule has 0 bridgehead atoms. The van der Waals surface area contributed by atoms with Gasteiger partial charge >= 0.3 is 5.97 Å². The molecule has 0 radical (unpaired) electrons. The van der Waals surface area contributed by atoms with Crippen LogP contribution in [0.4, 0.5) is 0 Å². The van der Waals surface area contributed by atoms with Crippen LogP contribution in [-0.2, 0) is 27.9 Å². The molecule has 41 heavy (non-hydrogen) atoms. The van der Waals surface area contributed by atoms with Crippen molar-refractivity contribution in [2.75, 3.05) is 54.1 Å². The van der Waals surface area contributed by atoms with Crippen molar-refractivity contribution in [3.8, 4) is 0 Å². The highest BCUT2D eigenvalue weighted by Gasteiger charge is 2.20. The fourth-order valence-electron chi connectivity index (χ4n) is 4.49. The molecule has 0 aliphatic carbocycles. The maximum absolute atomic E-state index is 12.5. The summed E-state index contributed by atoms with van der Waals surface area (Å²) in [5.74, 6) is -0.338. The molecule has 0 aromatic carbocycles. The van der Waals surface area contributed by atoms with Crippen LogP contribution in [0.25, 0.3) is 0 Å². The van der Waals surface area contributed by atoms with Crippen LogP contribution in [0.3, 0.4) is 0 Å². The third kappa shape index (κ3) is 30.8. The number of phosphoric acid groups is 1. The van der Waals surface area contributed by atoms with Crippen LogP contribution >= 0.6 is 7.82 Å². The van der Waals surface area contributed by atoms with Crippen molar-refractivity contribution in [3.63, 3.8) is 0 Å². The standard InChI is InChI=1S/C32H66NO7P/c1-6-8-10-12-14-16-17-18-20-22-24-27-37-29-31(30-39-41(35,36)38-28-26-33(3,4)5)40-32(34)25-23-21-19-15-13-11-9-7-2/h31H,6-30H2,1-5H3. The molecule has 0 spiro atoms. The van der Waals surface area contributed by atoms with Gasteiger partial charge in [0.15, 0.2) is 0 Å². The molecule has 8 nitrogen and oxygen atoms in total. The molecule has 0 saturated heterocycles. The number of unbranched alkanes of at least 4 members (excludes halogenated alkanes) is 17. The summed E-state index contributed by atoms with van der Waals surface area (Å²) in [6.45, 7) is 5.38. The summed E-state index contributed by atoms with van der Waals surface area (Å²) in [5, 5.41) is 0. The van der Waals surface area contributed by atoms with Gasteiger partial charge in [-0.15, -0.1) is 0 Å². The highest BCUT2D eigenvalue weighted by Crippen LogP contribution is 2.38. The van der Waals surface area contributed by atoms with Crippen molar-refractivity contribution in [3.05, 3.63) is 0 Å². The van der Waals surface area contributed by atoms with Gasteiger partial charge in [-0.25, -0.2) is 0 Å². The van der Waals surface area contributed by atoms with Crippen molar-refractivity contribution in [1.82, 2.24) is 0 Å². The van der Waals surface area contributed by atoms with E-state index in [0.29, 0.717) is 24.1 Å². The molecule has 0 N–H and O–H groups in total. The number of carbonyl (C=O) groups excluding carboxylic acids is 1. The fourth-order valence-corrected chi connectivity index (χ4v) is 5.21. The third-order valence-electron chi connectivity index (χ3n) is 7.16. The second-order valence-corrected chi connectivity index (χ2v) is 13.9. The maximum atomic E-state index is 12.5. The highest BCUT2D eigenvalue weighted by molar-refractivity contribution is 7.45. The average Bonchev–Trinajstić information content (AvgIpc) is 2.90. The highest BCUT2D eigenvalue weighted by atomic mass is 31.2. The van der Waals surface area contributed by atoms with Crippen molar-refractivity contribution in [2.45, 2.75) is 148 Å². The monoisotopic (exact) mass is 607 g/mol. The van der Waals surface area contributed by atoms with Gasteiger partial charge < -0.3 is 27.9 Å². The Bertz CT molecular complexity index is 642. The quantitative estimate of drug-likeness (QED) is 0.0341. The van der Waals surface area contributed by atoms with Crippen molar-refractivity contribution in [1.29, 1.82) is 0 Å². The number of phosphoric ester groups is 1. The summed E-state index contributed by atoms with van der Waals surface area (Å²) in [6.07, 6.45) is 22.5. The van der Waals surface area contributed by atoms with Gasteiger partial charge in [-0.2, -0.15) is 0 Å². The lowest BCUT2D eigenvalue weighted by molar-refractivity contribution is -0.870. The van der Waals surface area contributed by atoms with Gasteiger partial charge in [0.2, 0.25) is 0 Å². The smallest absolute Gasteiger partial charge is 0.306 e. The molecule has 0 aromatic rings. The van der Waals surface area contributed by atoms with E-state index in [1.165, 1.54) is 89.9 Å². The Balaban J connectivity index is 4.33. The molecule has 246 valence electrons. The molecule has 0 fully saturated rings. The number of hydrogen-bond donors (Lipinski definition) is 0. The summed E-state index contributed by atoms with van der Waals surface area (Å²) >= 11 is 0. The molecular weight excluding hydrogens is 541 g/mol. The summed E-state index contributed by atoms with van der Waals surface area (Å²) < 4.78 is 34.2. The molecule has 0 aliphatic heterocycles. The van der Waals surface area contributed by atoms with Gasteiger partial charge in [-0.05, 0) is 12.8 Å². The van der Waals surface area contributed by atoms with Gasteiger partial charge in [0.1, 0.15) is 19.3 Å². The fraction of sp³-hybridized carbons (Fsp3) is 0.969. The lowest BCUT2D eigenvalue weighted by atomic mass is 10.1. The maximum Gasteiger partial charge on any atom is 0.306 e. The summed E-state index contributed by atoms with van der Waals surface area (Å²) in [6, 6.07) is 0. The summed E-state index contributed by atoms with van der Waals surface area (Å²) in [4.78, 5) is 24.7. The Morgan fingerprint density at radius 1 is 0.659 bits per heavy atom. The second-order valence-electron chi connectivity index (χ2n) is 12.5. The van der Waals surface area contributed by atoms with E-state index in [4.69, 9.17) is 18.5 Å². The van der Waals surface area contributed by atoms with Crippen LogP contribution in [0, 0.1) is 0 Å². The van der Waals surface area contributed by atoms with Crippen LogP contribution in [0.1, 0.15) is 142 Å². The number of esters is 1. The minimum Gasteiger partial charge on any atom is -0.756 e. The van der Waals surface area contributed by atoms with E-state index in [2.05, 4.69) is 13.8 Å². The minimum absolute atomic E-state index is 0.0303. The van der Waals surface area contributed by atoms with Crippen molar-refractivity contribution in [2.24, 2.45) is 0 Å². The Hall–Kier alpha value is -0.500. The third-order valence-corrected chi connectivity index (χ3v) is 8.12. The average molecular weight is 608 g/mol. The zero-order valence-electron chi connectivity index (χ0n) is 27.5. The zero-order valence-corrected chi connectivity index (χ0v) is 28.4. The normalized spacial score (nSPS) is 14.2. The van der Waals surface area contributed by atoms with E-state index in [1.807, 2.05) is 21.1 Å². The molecule has 0 aliphatic rings. The molecule has 0 aromatic heterocycles. The molecule has 2 atom stereocenters. The largest absolute Gasteiger partial charge is 0.756 e. The summed E-state index contributed by atoms with van der Waals surface area (Å²) in [7, 11) is 1.36. The number of ether oxygens (including phenoxy) is 2. The van der Waals surface area contributed by atoms with E-state index in [9.17, 15) is 14.3 Å². The topological polar surface area (TPSA) is 94.1 Å². The van der Waals surface area contributed by atoms with Crippen LogP contribution in [0.2, 0.25) is 0 Å². The van der Waals surface area contributed by atoms with Gasteiger partial charge in [0.05, 0.1) is 34.4 Å². The molecule has 0 heterocycles. The number of likely N-dealkylation sites (N-methyl/N-ethyl adjacent to an activating group) is 1. The van der Waals surface area contributed by atoms with Gasteiger partial charge in [-0.3, -0.25) is 9.36 Å². The van der Waals surface area contributed by atoms with E-state index in [0.717, 1.165) is 32.1 Å². The predicted molar refractivity (Wildman–Crippen MR) is 167 cm³/mol. The summed E-state index contributed by atoms with van der Waals surface area (Å²) in [5.41, 5.74) is 0. The Morgan fingerprint density at radius 2 is 1.12 bits per heavy atom. The Morgan fingerprint density at radius 3 is 1.61 bits per heavy atom. The first-order chi connectivity index (χ1) is 19.6. The van der Waals surface area contributed by atoms with Gasteiger partial charge in [0.25, 0.3) is 7.82 Å². The molecule has 0 rings (SSSR count). The SMILES string of the molecule is CCCCCCCCCCCCCOCC(COP(=O)([O-])OCC[N+](C)(C)C)OC(=O)CCCCCCCCCC. The molecule has 0 amide bonds. The van der Waals surface area contributed by atoms with Gasteiger partial charge in [0, 0.05) is 13.0 Å². The number of rotatable bonds is 31. The molecular formula is C32H66NO7P. The lowest BCUT2D eigenvalue weighted by Crippen LogP contribution is -2.37. The van der Waals surface area contributed by atoms with E-state index < -0.39 is 13.9 Å². The lowest BCUT2D eigenvalue weighted by Gasteiger charge is -2.28. The molecule has 0 saturated carbocycles. The Kier molecular flexibility index (Phi) is 26.7. The molecule has 2 unspecified atom stereocenters. The Labute approximate surface area is 253 Å². The second kappa shape index (κ2) is 27.1. The van der Waals surface area contributed by atoms with Crippen LogP contribution in [-0.4, -0.2) is 70.7 Å². The van der Waals surface area contributed by atoms with Crippen molar-refractivity contribution >= 4 is 13.8 Å². The van der Waals surface area contributed by atoms with Crippen LogP contribution in [0.5, 0.6) is 0 Å².